The van der Waals surface area contributed by atoms with Crippen molar-refractivity contribution < 1.29 is 28.5 Å². The van der Waals surface area contributed by atoms with Crippen molar-refractivity contribution in [2.45, 2.75) is 12.5 Å². The first-order chi connectivity index (χ1) is 16.0. The number of esters is 1. The summed E-state index contributed by atoms with van der Waals surface area (Å²) in [5.41, 5.74) is 3.82. The predicted molar refractivity (Wildman–Crippen MR) is 123 cm³/mol. The number of methoxy groups -OCH3 is 4. The van der Waals surface area contributed by atoms with Gasteiger partial charge in [0, 0.05) is 5.69 Å². The zero-order valence-electron chi connectivity index (χ0n) is 19.0. The molecule has 4 rings (SSSR count). The average Bonchev–Trinajstić information content (AvgIpc) is 2.86. The van der Waals surface area contributed by atoms with Gasteiger partial charge in [-0.2, -0.15) is 0 Å². The normalized spacial score (nSPS) is 15.0. The summed E-state index contributed by atoms with van der Waals surface area (Å²) in [6, 6.07) is 17.8. The largest absolute Gasteiger partial charge is 0.497 e. The highest BCUT2D eigenvalue weighted by atomic mass is 16.5. The molecule has 3 aromatic rings. The summed E-state index contributed by atoms with van der Waals surface area (Å²) in [5, 5.41) is 0. The number of ether oxygens (including phenoxy) is 4. The summed E-state index contributed by atoms with van der Waals surface area (Å²) < 4.78 is 21.1. The Morgan fingerprint density at radius 1 is 0.848 bits per heavy atom. The average molecular weight is 447 g/mol. The van der Waals surface area contributed by atoms with Crippen LogP contribution in [-0.4, -0.2) is 40.3 Å². The molecule has 1 aliphatic heterocycles. The first-order valence-corrected chi connectivity index (χ1v) is 10.4. The summed E-state index contributed by atoms with van der Waals surface area (Å²) >= 11 is 0. The van der Waals surface area contributed by atoms with Crippen LogP contribution in [-0.2, 0) is 16.0 Å². The molecule has 7 heteroatoms. The molecule has 0 spiro atoms. The molecule has 0 saturated heterocycles. The Bertz CT molecular complexity index is 1170. The molecule has 1 amide bonds. The fourth-order valence-electron chi connectivity index (χ4n) is 4.16. The third-order valence-corrected chi connectivity index (χ3v) is 5.81. The number of carbonyl (C=O) groups is 2. The number of rotatable bonds is 6. The Kier molecular flexibility index (Phi) is 6.22. The number of nitrogens with zero attached hydrogens (tertiary/aromatic N) is 1. The van der Waals surface area contributed by atoms with Gasteiger partial charge in [-0.15, -0.1) is 0 Å². The Morgan fingerprint density at radius 3 is 2.06 bits per heavy atom. The van der Waals surface area contributed by atoms with Crippen LogP contribution in [0.4, 0.5) is 5.69 Å². The van der Waals surface area contributed by atoms with Crippen molar-refractivity contribution in [1.29, 1.82) is 0 Å². The Hall–Kier alpha value is -4.00. The van der Waals surface area contributed by atoms with Crippen LogP contribution in [0.25, 0.3) is 0 Å². The van der Waals surface area contributed by atoms with Crippen LogP contribution in [0, 0.1) is 0 Å². The lowest BCUT2D eigenvalue weighted by atomic mass is 9.86. The number of amides is 1. The molecule has 7 nitrogen and oxygen atoms in total. The number of benzene rings is 3. The number of fused-ring (bicyclic) bond motifs is 1. The summed E-state index contributed by atoms with van der Waals surface area (Å²) in [7, 11) is 6.11. The quantitative estimate of drug-likeness (QED) is 0.528. The lowest BCUT2D eigenvalue weighted by Gasteiger charge is -2.38. The van der Waals surface area contributed by atoms with Crippen LogP contribution in [0.3, 0.4) is 0 Å². The van der Waals surface area contributed by atoms with Gasteiger partial charge in [0.1, 0.15) is 5.75 Å². The minimum Gasteiger partial charge on any atom is -0.497 e. The SMILES string of the molecule is COC(=O)c1ccc(N2C(=O)Cc3cc(OC)c(OC)cc3[C@@H]2c2ccc(OC)cc2)cc1. The van der Waals surface area contributed by atoms with Crippen LogP contribution >= 0.6 is 0 Å². The molecule has 0 radical (unpaired) electrons. The van der Waals surface area contributed by atoms with Gasteiger partial charge in [0.2, 0.25) is 5.91 Å². The van der Waals surface area contributed by atoms with Crippen LogP contribution < -0.4 is 19.1 Å². The highest BCUT2D eigenvalue weighted by molar-refractivity contribution is 5.99. The van der Waals surface area contributed by atoms with E-state index in [4.69, 9.17) is 18.9 Å². The van der Waals surface area contributed by atoms with E-state index in [1.165, 1.54) is 7.11 Å². The van der Waals surface area contributed by atoms with Gasteiger partial charge < -0.3 is 23.8 Å². The fourth-order valence-corrected chi connectivity index (χ4v) is 4.16. The zero-order valence-corrected chi connectivity index (χ0v) is 19.0. The van der Waals surface area contributed by atoms with Gasteiger partial charge in [-0.3, -0.25) is 4.79 Å². The maximum Gasteiger partial charge on any atom is 0.337 e. The van der Waals surface area contributed by atoms with Gasteiger partial charge in [-0.25, -0.2) is 4.79 Å². The Balaban J connectivity index is 1.87. The smallest absolute Gasteiger partial charge is 0.337 e. The molecule has 0 N–H and O–H groups in total. The van der Waals surface area contributed by atoms with E-state index in [1.807, 2.05) is 36.4 Å². The number of carbonyl (C=O) groups excluding carboxylic acids is 2. The molecule has 33 heavy (non-hydrogen) atoms. The van der Waals surface area contributed by atoms with Crippen molar-refractivity contribution in [3.63, 3.8) is 0 Å². The molecular weight excluding hydrogens is 422 g/mol. The van der Waals surface area contributed by atoms with Crippen LogP contribution in [0.1, 0.15) is 33.1 Å². The summed E-state index contributed by atoms with van der Waals surface area (Å²) in [6.45, 7) is 0. The lowest BCUT2D eigenvalue weighted by molar-refractivity contribution is -0.118. The van der Waals surface area contributed by atoms with Gasteiger partial charge in [-0.1, -0.05) is 12.1 Å². The third-order valence-electron chi connectivity index (χ3n) is 5.81. The Morgan fingerprint density at radius 2 is 1.48 bits per heavy atom. The first-order valence-electron chi connectivity index (χ1n) is 10.4. The molecule has 0 bridgehead atoms. The molecule has 1 atom stereocenters. The van der Waals surface area contributed by atoms with Crippen molar-refractivity contribution in [2.75, 3.05) is 33.3 Å². The summed E-state index contributed by atoms with van der Waals surface area (Å²) in [5.74, 6) is 1.39. The topological polar surface area (TPSA) is 74.3 Å². The monoisotopic (exact) mass is 447 g/mol. The van der Waals surface area contributed by atoms with Crippen LogP contribution in [0.15, 0.2) is 60.7 Å². The molecule has 1 aliphatic rings. The highest BCUT2D eigenvalue weighted by Gasteiger charge is 2.36. The summed E-state index contributed by atoms with van der Waals surface area (Å²) in [4.78, 5) is 27.0. The Labute approximate surface area is 192 Å². The zero-order chi connectivity index (χ0) is 23.5. The van der Waals surface area contributed by atoms with E-state index in [1.54, 1.807) is 50.5 Å². The van der Waals surface area contributed by atoms with Crippen molar-refractivity contribution in [3.05, 3.63) is 82.9 Å². The van der Waals surface area contributed by atoms with E-state index < -0.39 is 12.0 Å². The second-order valence-corrected chi connectivity index (χ2v) is 7.56. The third kappa shape index (κ3) is 4.09. The molecule has 1 heterocycles. The molecule has 0 unspecified atom stereocenters. The van der Waals surface area contributed by atoms with Crippen molar-refractivity contribution >= 4 is 17.6 Å². The molecular formula is C26H25NO6. The first kappa shape index (κ1) is 22.2. The summed E-state index contributed by atoms with van der Waals surface area (Å²) in [6.07, 6.45) is 0.209. The number of hydrogen-bond acceptors (Lipinski definition) is 6. The molecule has 0 aliphatic carbocycles. The maximum atomic E-state index is 13.4. The van der Waals surface area contributed by atoms with Gasteiger partial charge in [0.15, 0.2) is 11.5 Å². The molecule has 0 aromatic heterocycles. The molecule has 3 aromatic carbocycles. The van der Waals surface area contributed by atoms with Crippen LogP contribution in [0.2, 0.25) is 0 Å². The number of hydrogen-bond donors (Lipinski definition) is 0. The molecule has 0 saturated carbocycles. The highest BCUT2D eigenvalue weighted by Crippen LogP contribution is 2.43. The molecule has 0 fully saturated rings. The van der Waals surface area contributed by atoms with Gasteiger partial charge in [-0.05, 0) is 65.2 Å². The minimum atomic E-state index is -0.430. The minimum absolute atomic E-state index is 0.0682. The van der Waals surface area contributed by atoms with E-state index in [2.05, 4.69) is 0 Å². The van der Waals surface area contributed by atoms with Crippen molar-refractivity contribution in [2.24, 2.45) is 0 Å². The number of anilines is 1. The van der Waals surface area contributed by atoms with Crippen LogP contribution in [0.5, 0.6) is 17.2 Å². The second kappa shape index (κ2) is 9.24. The lowest BCUT2D eigenvalue weighted by Crippen LogP contribution is -2.41. The van der Waals surface area contributed by atoms with Crippen molar-refractivity contribution in [3.8, 4) is 17.2 Å². The second-order valence-electron chi connectivity index (χ2n) is 7.56. The maximum absolute atomic E-state index is 13.4. The van der Waals surface area contributed by atoms with E-state index >= 15 is 0 Å². The standard InChI is InChI=1S/C26H25NO6/c1-30-20-11-7-16(8-12-20)25-21-15-23(32-3)22(31-2)13-18(21)14-24(28)27(25)19-9-5-17(6-10-19)26(29)33-4/h5-13,15,25H,14H2,1-4H3/t25-/m0/s1. The fraction of sp³-hybridized carbons (Fsp3) is 0.231. The van der Waals surface area contributed by atoms with Gasteiger partial charge in [0.05, 0.1) is 46.5 Å². The molecule has 170 valence electrons. The van der Waals surface area contributed by atoms with E-state index in [0.29, 0.717) is 22.7 Å². The van der Waals surface area contributed by atoms with E-state index in [9.17, 15) is 9.59 Å². The van der Waals surface area contributed by atoms with Gasteiger partial charge in [0.25, 0.3) is 0 Å². The predicted octanol–water partition coefficient (Wildman–Crippen LogP) is 4.18. The van der Waals surface area contributed by atoms with E-state index in [0.717, 1.165) is 22.4 Å². The van der Waals surface area contributed by atoms with E-state index in [-0.39, 0.29) is 12.3 Å². The van der Waals surface area contributed by atoms with Crippen molar-refractivity contribution in [1.82, 2.24) is 0 Å². The van der Waals surface area contributed by atoms with Gasteiger partial charge >= 0.3 is 5.97 Å².